The molecule has 1 N–H and O–H groups in total. The Bertz CT molecular complexity index is 329. The van der Waals surface area contributed by atoms with Crippen LogP contribution in [-0.2, 0) is 0 Å². The first kappa shape index (κ1) is 10.7. The Hall–Kier alpha value is -0.420. The molecule has 0 heterocycles. The molecular weight excluding hydrogens is 307 g/mol. The van der Waals surface area contributed by atoms with Crippen molar-refractivity contribution in [2.24, 2.45) is 0 Å². The second-order valence-corrected chi connectivity index (χ2v) is 3.70. The number of aromatic hydroxyl groups is 1. The second-order valence-electron chi connectivity index (χ2n) is 2.35. The Kier molecular flexibility index (Phi) is 3.44. The number of phenolic OH excluding ortho intramolecular Hbond substituents is 1. The zero-order valence-electron chi connectivity index (χ0n) is 6.35. The molecule has 0 aromatic heterocycles. The van der Waals surface area contributed by atoms with Crippen LogP contribution in [0.5, 0.6) is 5.75 Å². The molecule has 0 saturated heterocycles. The van der Waals surface area contributed by atoms with E-state index in [2.05, 4.69) is 31.9 Å². The van der Waals surface area contributed by atoms with Crippen LogP contribution in [0.25, 0.3) is 0 Å². The highest BCUT2D eigenvalue weighted by atomic mass is 79.9. The standard InChI is InChI=1S/C8H5Br2FO2/c9-3-7(13)4-1-5(11)8(10)6(12)2-4/h1-2,12H,3H2. The fraction of sp³-hybridized carbons (Fsp3) is 0.125. The van der Waals surface area contributed by atoms with Crippen LogP contribution in [0.4, 0.5) is 4.39 Å². The summed E-state index contributed by atoms with van der Waals surface area (Å²) in [6.07, 6.45) is 0. The fourth-order valence-electron chi connectivity index (χ4n) is 0.813. The average Bonchev–Trinajstić information content (AvgIpc) is 2.12. The number of rotatable bonds is 2. The Morgan fingerprint density at radius 3 is 2.62 bits per heavy atom. The van der Waals surface area contributed by atoms with Crippen LogP contribution in [0, 0.1) is 5.82 Å². The summed E-state index contributed by atoms with van der Waals surface area (Å²) in [7, 11) is 0. The zero-order chi connectivity index (χ0) is 10.0. The van der Waals surface area contributed by atoms with Crippen molar-refractivity contribution >= 4 is 37.6 Å². The highest BCUT2D eigenvalue weighted by Crippen LogP contribution is 2.28. The van der Waals surface area contributed by atoms with Crippen LogP contribution >= 0.6 is 31.9 Å². The predicted octanol–water partition coefficient (Wildman–Crippen LogP) is 2.87. The van der Waals surface area contributed by atoms with E-state index in [0.717, 1.165) is 6.07 Å². The average molecular weight is 312 g/mol. The van der Waals surface area contributed by atoms with Crippen molar-refractivity contribution in [3.8, 4) is 5.75 Å². The summed E-state index contributed by atoms with van der Waals surface area (Å²) in [6, 6.07) is 2.30. The molecule has 0 amide bonds. The molecule has 1 aromatic rings. The molecule has 13 heavy (non-hydrogen) atoms. The summed E-state index contributed by atoms with van der Waals surface area (Å²) in [4.78, 5) is 11.1. The van der Waals surface area contributed by atoms with Crippen molar-refractivity contribution in [2.45, 2.75) is 0 Å². The van der Waals surface area contributed by atoms with Crippen molar-refractivity contribution in [3.63, 3.8) is 0 Å². The van der Waals surface area contributed by atoms with Crippen molar-refractivity contribution in [1.82, 2.24) is 0 Å². The lowest BCUT2D eigenvalue weighted by molar-refractivity contribution is 0.102. The summed E-state index contributed by atoms with van der Waals surface area (Å²) in [5.41, 5.74) is 0.148. The van der Waals surface area contributed by atoms with Gasteiger partial charge in [-0.15, -0.1) is 0 Å². The number of hydrogen-bond donors (Lipinski definition) is 1. The monoisotopic (exact) mass is 310 g/mol. The molecule has 5 heteroatoms. The van der Waals surface area contributed by atoms with Crippen LogP contribution < -0.4 is 0 Å². The van der Waals surface area contributed by atoms with Gasteiger partial charge in [0.15, 0.2) is 5.78 Å². The molecule has 0 bridgehead atoms. The third-order valence-electron chi connectivity index (χ3n) is 1.45. The molecule has 1 rings (SSSR count). The minimum atomic E-state index is -0.649. The predicted molar refractivity (Wildman–Crippen MR) is 53.9 cm³/mol. The molecule has 0 aliphatic heterocycles. The highest BCUT2D eigenvalue weighted by Gasteiger charge is 2.11. The van der Waals surface area contributed by atoms with Crippen LogP contribution in [0.2, 0.25) is 0 Å². The van der Waals surface area contributed by atoms with Crippen molar-refractivity contribution in [3.05, 3.63) is 28.0 Å². The molecule has 2 nitrogen and oxygen atoms in total. The lowest BCUT2D eigenvalue weighted by Gasteiger charge is -2.01. The van der Waals surface area contributed by atoms with Gasteiger partial charge in [-0.25, -0.2) is 4.39 Å². The number of ketones is 1. The van der Waals surface area contributed by atoms with Crippen molar-refractivity contribution in [1.29, 1.82) is 0 Å². The van der Waals surface area contributed by atoms with Crippen LogP contribution in [0.3, 0.4) is 0 Å². The van der Waals surface area contributed by atoms with E-state index >= 15 is 0 Å². The van der Waals surface area contributed by atoms with E-state index in [1.165, 1.54) is 6.07 Å². The Labute approximate surface area is 91.0 Å². The van der Waals surface area contributed by atoms with Crippen LogP contribution in [-0.4, -0.2) is 16.2 Å². The normalized spacial score (nSPS) is 10.1. The lowest BCUT2D eigenvalue weighted by Crippen LogP contribution is -2.00. The quantitative estimate of drug-likeness (QED) is 0.673. The number of halogens is 3. The molecule has 1 aromatic carbocycles. The van der Waals surface area contributed by atoms with Gasteiger partial charge in [-0.2, -0.15) is 0 Å². The van der Waals surface area contributed by atoms with E-state index in [9.17, 15) is 14.3 Å². The molecule has 0 spiro atoms. The summed E-state index contributed by atoms with van der Waals surface area (Å²) < 4.78 is 12.9. The highest BCUT2D eigenvalue weighted by molar-refractivity contribution is 9.10. The number of hydrogen-bond acceptors (Lipinski definition) is 2. The SMILES string of the molecule is O=C(CBr)c1cc(O)c(Br)c(F)c1. The van der Waals surface area contributed by atoms with Gasteiger partial charge in [-0.1, -0.05) is 15.9 Å². The minimum absolute atomic E-state index is 0.0291. The van der Waals surface area contributed by atoms with Crippen LogP contribution in [0.15, 0.2) is 16.6 Å². The Balaban J connectivity index is 3.20. The maximum atomic E-state index is 13.0. The fourth-order valence-corrected chi connectivity index (χ4v) is 1.37. The molecule has 0 aliphatic rings. The van der Waals surface area contributed by atoms with Gasteiger partial charge in [0, 0.05) is 5.56 Å². The summed E-state index contributed by atoms with van der Waals surface area (Å²) in [5.74, 6) is -1.20. The molecule has 0 unspecified atom stereocenters. The number of carbonyl (C=O) groups is 1. The van der Waals surface area contributed by atoms with Gasteiger partial charge in [0.25, 0.3) is 0 Å². The minimum Gasteiger partial charge on any atom is -0.507 e. The summed E-state index contributed by atoms with van der Waals surface area (Å²) in [6.45, 7) is 0. The van der Waals surface area contributed by atoms with E-state index < -0.39 is 5.82 Å². The number of benzene rings is 1. The van der Waals surface area contributed by atoms with E-state index in [1.807, 2.05) is 0 Å². The van der Waals surface area contributed by atoms with E-state index in [4.69, 9.17) is 0 Å². The topological polar surface area (TPSA) is 37.3 Å². The molecular formula is C8H5Br2FO2. The number of Topliss-reactive ketones (excluding diaryl/α,β-unsaturated/α-hetero) is 1. The van der Waals surface area contributed by atoms with E-state index in [0.29, 0.717) is 0 Å². The number of phenols is 1. The third-order valence-corrected chi connectivity index (χ3v) is 2.75. The van der Waals surface area contributed by atoms with Crippen molar-refractivity contribution < 1.29 is 14.3 Å². The molecule has 0 atom stereocenters. The summed E-state index contributed by atoms with van der Waals surface area (Å²) >= 11 is 5.79. The first-order valence-corrected chi connectivity index (χ1v) is 5.25. The van der Waals surface area contributed by atoms with Gasteiger partial charge in [0.05, 0.1) is 9.80 Å². The van der Waals surface area contributed by atoms with E-state index in [1.54, 1.807) is 0 Å². The maximum absolute atomic E-state index is 13.0. The maximum Gasteiger partial charge on any atom is 0.173 e. The first-order valence-electron chi connectivity index (χ1n) is 3.33. The van der Waals surface area contributed by atoms with E-state index in [-0.39, 0.29) is 26.9 Å². The second kappa shape index (κ2) is 4.19. The number of alkyl halides is 1. The Morgan fingerprint density at radius 2 is 2.15 bits per heavy atom. The van der Waals surface area contributed by atoms with Gasteiger partial charge in [0.1, 0.15) is 11.6 Å². The Morgan fingerprint density at radius 1 is 1.54 bits per heavy atom. The van der Waals surface area contributed by atoms with Gasteiger partial charge in [-0.05, 0) is 28.1 Å². The molecule has 0 aliphatic carbocycles. The lowest BCUT2D eigenvalue weighted by atomic mass is 10.1. The van der Waals surface area contributed by atoms with Crippen LogP contribution in [0.1, 0.15) is 10.4 Å². The smallest absolute Gasteiger partial charge is 0.173 e. The first-order chi connectivity index (χ1) is 6.06. The van der Waals surface area contributed by atoms with Crippen molar-refractivity contribution in [2.75, 3.05) is 5.33 Å². The third kappa shape index (κ3) is 2.28. The van der Waals surface area contributed by atoms with Gasteiger partial charge in [-0.3, -0.25) is 4.79 Å². The zero-order valence-corrected chi connectivity index (χ0v) is 9.52. The molecule has 0 radical (unpaired) electrons. The number of carbonyl (C=O) groups excluding carboxylic acids is 1. The van der Waals surface area contributed by atoms with Gasteiger partial charge < -0.3 is 5.11 Å². The molecule has 0 saturated carbocycles. The molecule has 0 fully saturated rings. The molecule has 70 valence electrons. The van der Waals surface area contributed by atoms with Gasteiger partial charge in [0.2, 0.25) is 0 Å². The largest absolute Gasteiger partial charge is 0.507 e. The van der Waals surface area contributed by atoms with Gasteiger partial charge >= 0.3 is 0 Å². The summed E-state index contributed by atoms with van der Waals surface area (Å²) in [5, 5.41) is 9.28.